The molecule has 0 atom stereocenters. The Morgan fingerprint density at radius 2 is 1.62 bits per heavy atom. The second kappa shape index (κ2) is 8.53. The molecule has 4 rings (SSSR count). The summed E-state index contributed by atoms with van der Waals surface area (Å²) in [4.78, 5) is 14.3. The number of nitrogens with one attached hydrogen (secondary N) is 2. The lowest BCUT2D eigenvalue weighted by Gasteiger charge is -2.32. The van der Waals surface area contributed by atoms with Crippen LogP contribution in [0.3, 0.4) is 0 Å². The predicted octanol–water partition coefficient (Wildman–Crippen LogP) is 3.93. The molecule has 1 aromatic heterocycles. The maximum absolute atomic E-state index is 5.43. The molecule has 0 radical (unpaired) electrons. The summed E-state index contributed by atoms with van der Waals surface area (Å²) in [5, 5.41) is 6.96. The van der Waals surface area contributed by atoms with Crippen LogP contribution >= 0.6 is 12.2 Å². The Labute approximate surface area is 178 Å². The van der Waals surface area contributed by atoms with Crippen LogP contribution in [0.2, 0.25) is 0 Å². The number of fused-ring (bicyclic) bond motifs is 1. The molecule has 1 saturated heterocycles. The summed E-state index contributed by atoms with van der Waals surface area (Å²) in [5.41, 5.74) is 2.73. The molecule has 3 heterocycles. The number of benzene rings is 1. The number of hydrogen-bond acceptors (Lipinski definition) is 5. The molecule has 154 valence electrons. The zero-order valence-electron chi connectivity index (χ0n) is 17.5. The van der Waals surface area contributed by atoms with Gasteiger partial charge in [-0.2, -0.15) is 9.97 Å². The summed E-state index contributed by atoms with van der Waals surface area (Å²) in [7, 11) is 0. The van der Waals surface area contributed by atoms with E-state index in [0.717, 1.165) is 43.7 Å². The molecule has 0 unspecified atom stereocenters. The maximum Gasteiger partial charge on any atom is 0.232 e. The van der Waals surface area contributed by atoms with Gasteiger partial charge in [0.25, 0.3) is 0 Å². The summed E-state index contributed by atoms with van der Waals surface area (Å²) >= 11 is 5.43. The highest BCUT2D eigenvalue weighted by atomic mass is 32.1. The molecule has 29 heavy (non-hydrogen) atoms. The molecule has 2 aromatic rings. The van der Waals surface area contributed by atoms with E-state index in [4.69, 9.17) is 22.2 Å². The van der Waals surface area contributed by atoms with Gasteiger partial charge in [0.1, 0.15) is 11.6 Å². The first-order valence-electron chi connectivity index (χ1n) is 10.5. The van der Waals surface area contributed by atoms with E-state index >= 15 is 0 Å². The van der Waals surface area contributed by atoms with E-state index in [1.807, 2.05) is 0 Å². The zero-order chi connectivity index (χ0) is 20.4. The highest BCUT2D eigenvalue weighted by Crippen LogP contribution is 2.31. The van der Waals surface area contributed by atoms with Crippen LogP contribution in [0.1, 0.15) is 44.7 Å². The molecule has 2 N–H and O–H groups in total. The molecule has 6 nitrogen and oxygen atoms in total. The average Bonchev–Trinajstić information content (AvgIpc) is 3.12. The van der Waals surface area contributed by atoms with Gasteiger partial charge in [0.2, 0.25) is 5.95 Å². The van der Waals surface area contributed by atoms with Crippen LogP contribution in [0.25, 0.3) is 0 Å². The quantitative estimate of drug-likeness (QED) is 0.741. The highest BCUT2D eigenvalue weighted by molar-refractivity contribution is 7.80. The maximum atomic E-state index is 5.43. The molecular formula is C22H30N6S. The van der Waals surface area contributed by atoms with E-state index in [2.05, 4.69) is 71.5 Å². The van der Waals surface area contributed by atoms with Gasteiger partial charge in [-0.15, -0.1) is 0 Å². The van der Waals surface area contributed by atoms with Crippen LogP contribution in [0.15, 0.2) is 30.3 Å². The number of anilines is 3. The SMILES string of the molecule is CC1CCN(c2cc(N3Cc4ccccc4C3)nc(NC(=S)NC(C)C)n2)CC1. The Morgan fingerprint density at radius 3 is 2.21 bits per heavy atom. The number of rotatable bonds is 4. The zero-order valence-corrected chi connectivity index (χ0v) is 18.3. The lowest BCUT2D eigenvalue weighted by Crippen LogP contribution is -2.36. The Morgan fingerprint density at radius 1 is 1.03 bits per heavy atom. The monoisotopic (exact) mass is 410 g/mol. The van der Waals surface area contributed by atoms with Gasteiger partial charge in [0.15, 0.2) is 5.11 Å². The van der Waals surface area contributed by atoms with Crippen molar-refractivity contribution in [1.29, 1.82) is 0 Å². The minimum atomic E-state index is 0.259. The van der Waals surface area contributed by atoms with Crippen molar-refractivity contribution >= 4 is 34.9 Å². The summed E-state index contributed by atoms with van der Waals surface area (Å²) < 4.78 is 0. The highest BCUT2D eigenvalue weighted by Gasteiger charge is 2.23. The van der Waals surface area contributed by atoms with Crippen LogP contribution in [-0.4, -0.2) is 34.2 Å². The smallest absolute Gasteiger partial charge is 0.232 e. The molecule has 0 bridgehead atoms. The second-order valence-corrected chi connectivity index (χ2v) is 8.86. The molecule has 1 fully saturated rings. The fourth-order valence-electron chi connectivity index (χ4n) is 3.93. The van der Waals surface area contributed by atoms with Crippen LogP contribution < -0.4 is 20.4 Å². The standard InChI is InChI=1S/C22H30N6S/c1-15(2)23-22(29)26-21-24-19(27-10-8-16(3)9-11-27)12-20(25-21)28-13-17-6-4-5-7-18(17)14-28/h4-7,12,15-16H,8-11,13-14H2,1-3H3,(H2,23,24,25,26,29). The second-order valence-electron chi connectivity index (χ2n) is 8.46. The normalized spacial score (nSPS) is 16.8. The van der Waals surface area contributed by atoms with Gasteiger partial charge in [0, 0.05) is 38.3 Å². The number of piperidine rings is 1. The van der Waals surface area contributed by atoms with Crippen LogP contribution in [0, 0.1) is 5.92 Å². The average molecular weight is 411 g/mol. The van der Waals surface area contributed by atoms with E-state index in [-0.39, 0.29) is 6.04 Å². The minimum Gasteiger partial charge on any atom is -0.360 e. The van der Waals surface area contributed by atoms with Crippen molar-refractivity contribution in [2.24, 2.45) is 5.92 Å². The Hall–Kier alpha value is -2.41. The summed E-state index contributed by atoms with van der Waals surface area (Å²) in [6.45, 7) is 10.3. The van der Waals surface area contributed by atoms with Gasteiger partial charge >= 0.3 is 0 Å². The van der Waals surface area contributed by atoms with Crippen molar-refractivity contribution < 1.29 is 0 Å². The van der Waals surface area contributed by atoms with Gasteiger partial charge in [0.05, 0.1) is 0 Å². The van der Waals surface area contributed by atoms with Gasteiger partial charge in [-0.05, 0) is 56.0 Å². The first kappa shape index (κ1) is 19.9. The van der Waals surface area contributed by atoms with Crippen LogP contribution in [-0.2, 0) is 13.1 Å². The van der Waals surface area contributed by atoms with E-state index in [1.165, 1.54) is 24.0 Å². The molecule has 1 aromatic carbocycles. The van der Waals surface area contributed by atoms with Gasteiger partial charge in [-0.1, -0.05) is 31.2 Å². The van der Waals surface area contributed by atoms with E-state index in [0.29, 0.717) is 11.1 Å². The fourth-order valence-corrected chi connectivity index (χ4v) is 4.26. The largest absolute Gasteiger partial charge is 0.360 e. The van der Waals surface area contributed by atoms with Gasteiger partial charge in [-0.25, -0.2) is 0 Å². The Bertz CT molecular complexity index is 850. The number of hydrogen-bond donors (Lipinski definition) is 2. The van der Waals surface area contributed by atoms with Crippen molar-refractivity contribution in [1.82, 2.24) is 15.3 Å². The van der Waals surface area contributed by atoms with Gasteiger partial charge in [-0.3, -0.25) is 0 Å². The molecule has 2 aliphatic heterocycles. The van der Waals surface area contributed by atoms with Crippen molar-refractivity contribution in [2.45, 2.75) is 52.7 Å². The van der Waals surface area contributed by atoms with Gasteiger partial charge < -0.3 is 20.4 Å². The van der Waals surface area contributed by atoms with E-state index < -0.39 is 0 Å². The molecule has 7 heteroatoms. The lowest BCUT2D eigenvalue weighted by molar-refractivity contribution is 0.436. The minimum absolute atomic E-state index is 0.259. The van der Waals surface area contributed by atoms with Crippen molar-refractivity contribution in [3.8, 4) is 0 Å². The molecule has 0 saturated carbocycles. The Kier molecular flexibility index (Phi) is 5.85. The third-order valence-electron chi connectivity index (χ3n) is 5.62. The lowest BCUT2D eigenvalue weighted by atomic mass is 9.99. The molecule has 0 spiro atoms. The summed E-state index contributed by atoms with van der Waals surface area (Å²) in [6, 6.07) is 11.0. The molecule has 0 amide bonds. The fraction of sp³-hybridized carbons (Fsp3) is 0.500. The third kappa shape index (κ3) is 4.78. The van der Waals surface area contributed by atoms with E-state index in [9.17, 15) is 0 Å². The van der Waals surface area contributed by atoms with Crippen LogP contribution in [0.5, 0.6) is 0 Å². The topological polar surface area (TPSA) is 56.3 Å². The first-order chi connectivity index (χ1) is 14.0. The molecular weight excluding hydrogens is 380 g/mol. The predicted molar refractivity (Wildman–Crippen MR) is 123 cm³/mol. The number of nitrogens with zero attached hydrogens (tertiary/aromatic N) is 4. The molecule has 2 aliphatic rings. The van der Waals surface area contributed by atoms with Crippen LogP contribution in [0.4, 0.5) is 17.6 Å². The van der Waals surface area contributed by atoms with Crippen molar-refractivity contribution in [3.05, 3.63) is 41.5 Å². The van der Waals surface area contributed by atoms with Crippen molar-refractivity contribution in [3.63, 3.8) is 0 Å². The number of thiocarbonyl (C=S) groups is 1. The van der Waals surface area contributed by atoms with Crippen molar-refractivity contribution in [2.75, 3.05) is 28.2 Å². The summed E-state index contributed by atoms with van der Waals surface area (Å²) in [6.07, 6.45) is 2.40. The first-order valence-corrected chi connectivity index (χ1v) is 10.9. The Balaban J connectivity index is 1.60. The molecule has 0 aliphatic carbocycles. The number of aromatic nitrogens is 2. The summed E-state index contributed by atoms with van der Waals surface area (Å²) in [5.74, 6) is 3.26. The third-order valence-corrected chi connectivity index (χ3v) is 5.84. The van der Waals surface area contributed by atoms with E-state index in [1.54, 1.807) is 0 Å².